The number of hydrogen-bond acceptors (Lipinski definition) is 4. The van der Waals surface area contributed by atoms with Gasteiger partial charge in [0.1, 0.15) is 0 Å². The van der Waals surface area contributed by atoms with E-state index >= 15 is 0 Å². The Morgan fingerprint density at radius 3 is 2.68 bits per heavy atom. The Morgan fingerprint density at radius 2 is 2.11 bits per heavy atom. The molecule has 1 saturated heterocycles. The topological polar surface area (TPSA) is 47.9 Å². The maximum absolute atomic E-state index is 9.68. The predicted octanol–water partition coefficient (Wildman–Crippen LogP) is 3.25. The Morgan fingerprint density at radius 1 is 1.37 bits per heavy atom. The molecule has 1 aliphatic rings. The highest BCUT2D eigenvalue weighted by Gasteiger charge is 2.35. The normalized spacial score (nSPS) is 23.6. The van der Waals surface area contributed by atoms with Crippen molar-refractivity contribution in [3.05, 3.63) is 23.8 Å². The second-order valence-electron chi connectivity index (χ2n) is 5.82. The molecule has 19 heavy (non-hydrogen) atoms. The lowest BCUT2D eigenvalue weighted by molar-refractivity contribution is -0.0786. The summed E-state index contributed by atoms with van der Waals surface area (Å²) in [4.78, 5) is 0. The smallest absolute Gasteiger partial charge is 0.184 e. The van der Waals surface area contributed by atoms with Crippen molar-refractivity contribution in [1.82, 2.24) is 0 Å². The van der Waals surface area contributed by atoms with Gasteiger partial charge in [-0.1, -0.05) is 26.8 Å². The van der Waals surface area contributed by atoms with Gasteiger partial charge in [0.15, 0.2) is 17.8 Å². The lowest BCUT2D eigenvalue weighted by Gasteiger charge is -2.25. The Balaban J connectivity index is 2.13. The van der Waals surface area contributed by atoms with Crippen molar-refractivity contribution >= 4 is 0 Å². The first-order chi connectivity index (χ1) is 8.91. The van der Waals surface area contributed by atoms with Gasteiger partial charge in [-0.2, -0.15) is 0 Å². The standard InChI is InChI=1S/C15H22O4/c1-5-17-12-8-10(6-7-11(12)16)14-18-9-13(19-14)15(2,3)4/h6-8,13-14,16H,5,9H2,1-4H3/t13-,14+/m1/s1. The first-order valence-corrected chi connectivity index (χ1v) is 6.64. The summed E-state index contributed by atoms with van der Waals surface area (Å²) in [6.07, 6.45) is -0.314. The van der Waals surface area contributed by atoms with Crippen LogP contribution in [0.25, 0.3) is 0 Å². The predicted molar refractivity (Wildman–Crippen MR) is 72.3 cm³/mol. The number of phenols is 1. The third kappa shape index (κ3) is 3.19. The zero-order valence-electron chi connectivity index (χ0n) is 12.0. The molecule has 4 heteroatoms. The Hall–Kier alpha value is -1.26. The molecule has 2 rings (SSSR count). The fourth-order valence-corrected chi connectivity index (χ4v) is 1.98. The maximum Gasteiger partial charge on any atom is 0.184 e. The average molecular weight is 266 g/mol. The lowest BCUT2D eigenvalue weighted by atomic mass is 9.90. The van der Waals surface area contributed by atoms with Gasteiger partial charge in [-0.05, 0) is 24.5 Å². The molecule has 0 unspecified atom stereocenters. The molecule has 1 N–H and O–H groups in total. The third-order valence-electron chi connectivity index (χ3n) is 3.21. The SMILES string of the molecule is CCOc1cc([C@H]2OC[C@H](C(C)(C)C)O2)ccc1O. The van der Waals surface area contributed by atoms with Crippen LogP contribution in [0.3, 0.4) is 0 Å². The van der Waals surface area contributed by atoms with E-state index in [0.717, 1.165) is 5.56 Å². The second-order valence-corrected chi connectivity index (χ2v) is 5.82. The molecule has 106 valence electrons. The molecular weight excluding hydrogens is 244 g/mol. The minimum Gasteiger partial charge on any atom is -0.504 e. The first kappa shape index (κ1) is 14.2. The fourth-order valence-electron chi connectivity index (χ4n) is 1.98. The van der Waals surface area contributed by atoms with Crippen LogP contribution >= 0.6 is 0 Å². The summed E-state index contributed by atoms with van der Waals surface area (Å²) in [5, 5.41) is 9.68. The molecule has 0 aromatic heterocycles. The molecule has 0 aliphatic carbocycles. The van der Waals surface area contributed by atoms with Gasteiger partial charge in [-0.15, -0.1) is 0 Å². The van der Waals surface area contributed by atoms with E-state index in [1.807, 2.05) is 6.92 Å². The van der Waals surface area contributed by atoms with Crippen LogP contribution in [0.5, 0.6) is 11.5 Å². The molecule has 0 spiro atoms. The summed E-state index contributed by atoms with van der Waals surface area (Å²) >= 11 is 0. The van der Waals surface area contributed by atoms with E-state index in [2.05, 4.69) is 20.8 Å². The largest absolute Gasteiger partial charge is 0.504 e. The van der Waals surface area contributed by atoms with Gasteiger partial charge in [-0.25, -0.2) is 0 Å². The van der Waals surface area contributed by atoms with Crippen LogP contribution < -0.4 is 4.74 Å². The number of benzene rings is 1. The minimum absolute atomic E-state index is 0.0500. The van der Waals surface area contributed by atoms with Crippen molar-refractivity contribution < 1.29 is 19.3 Å². The number of aromatic hydroxyl groups is 1. The summed E-state index contributed by atoms with van der Waals surface area (Å²) in [6.45, 7) is 9.36. The summed E-state index contributed by atoms with van der Waals surface area (Å²) in [5.74, 6) is 0.599. The van der Waals surface area contributed by atoms with Crippen molar-refractivity contribution in [3.63, 3.8) is 0 Å². The Bertz CT molecular complexity index is 436. The van der Waals surface area contributed by atoms with Gasteiger partial charge in [0.2, 0.25) is 0 Å². The molecule has 1 fully saturated rings. The van der Waals surface area contributed by atoms with E-state index in [1.165, 1.54) is 0 Å². The highest BCUT2D eigenvalue weighted by Crippen LogP contribution is 2.37. The van der Waals surface area contributed by atoms with Crippen molar-refractivity contribution in [2.45, 2.75) is 40.1 Å². The molecular formula is C15H22O4. The number of phenolic OH excluding ortho intramolecular Hbond substituents is 1. The van der Waals surface area contributed by atoms with E-state index in [4.69, 9.17) is 14.2 Å². The number of ether oxygens (including phenoxy) is 3. The van der Waals surface area contributed by atoms with Crippen LogP contribution in [0, 0.1) is 5.41 Å². The van der Waals surface area contributed by atoms with E-state index in [1.54, 1.807) is 18.2 Å². The molecule has 0 amide bonds. The van der Waals surface area contributed by atoms with Crippen molar-refractivity contribution in [2.24, 2.45) is 5.41 Å². The summed E-state index contributed by atoms with van der Waals surface area (Å²) in [5.41, 5.74) is 0.919. The summed E-state index contributed by atoms with van der Waals surface area (Å²) in [7, 11) is 0. The second kappa shape index (κ2) is 5.39. The zero-order chi connectivity index (χ0) is 14.0. The molecule has 0 saturated carbocycles. The van der Waals surface area contributed by atoms with Gasteiger partial charge in [0.05, 0.1) is 19.3 Å². The first-order valence-electron chi connectivity index (χ1n) is 6.64. The molecule has 0 bridgehead atoms. The molecule has 2 atom stereocenters. The third-order valence-corrected chi connectivity index (χ3v) is 3.21. The lowest BCUT2D eigenvalue weighted by Crippen LogP contribution is -2.28. The van der Waals surface area contributed by atoms with Crippen molar-refractivity contribution in [1.29, 1.82) is 0 Å². The number of rotatable bonds is 3. The van der Waals surface area contributed by atoms with Crippen molar-refractivity contribution in [2.75, 3.05) is 13.2 Å². The van der Waals surface area contributed by atoms with Gasteiger partial charge < -0.3 is 19.3 Å². The molecule has 1 aromatic rings. The van der Waals surface area contributed by atoms with E-state index in [-0.39, 0.29) is 23.6 Å². The van der Waals surface area contributed by atoms with Crippen LogP contribution in [-0.4, -0.2) is 24.4 Å². The summed E-state index contributed by atoms with van der Waals surface area (Å²) < 4.78 is 17.0. The average Bonchev–Trinajstić information content (AvgIpc) is 2.81. The van der Waals surface area contributed by atoms with Crippen LogP contribution in [0.15, 0.2) is 18.2 Å². The quantitative estimate of drug-likeness (QED) is 0.912. The Kier molecular flexibility index (Phi) is 4.02. The molecule has 1 aliphatic heterocycles. The number of hydrogen-bond donors (Lipinski definition) is 1. The van der Waals surface area contributed by atoms with E-state index in [9.17, 15) is 5.11 Å². The van der Waals surface area contributed by atoms with Gasteiger partial charge in [0.25, 0.3) is 0 Å². The van der Waals surface area contributed by atoms with Gasteiger partial charge in [-0.3, -0.25) is 0 Å². The fraction of sp³-hybridized carbons (Fsp3) is 0.600. The highest BCUT2D eigenvalue weighted by molar-refractivity contribution is 5.42. The highest BCUT2D eigenvalue weighted by atomic mass is 16.7. The van der Waals surface area contributed by atoms with E-state index in [0.29, 0.717) is 19.0 Å². The minimum atomic E-state index is -0.385. The molecule has 0 radical (unpaired) electrons. The molecule has 4 nitrogen and oxygen atoms in total. The van der Waals surface area contributed by atoms with Crippen molar-refractivity contribution in [3.8, 4) is 11.5 Å². The molecule has 1 heterocycles. The Labute approximate surface area is 114 Å². The maximum atomic E-state index is 9.68. The van der Waals surface area contributed by atoms with Crippen LogP contribution in [-0.2, 0) is 9.47 Å². The van der Waals surface area contributed by atoms with Gasteiger partial charge >= 0.3 is 0 Å². The van der Waals surface area contributed by atoms with Gasteiger partial charge in [0, 0.05) is 5.56 Å². The zero-order valence-corrected chi connectivity index (χ0v) is 12.0. The van der Waals surface area contributed by atoms with Crippen LogP contribution in [0.1, 0.15) is 39.5 Å². The van der Waals surface area contributed by atoms with Crippen LogP contribution in [0.4, 0.5) is 0 Å². The summed E-state index contributed by atoms with van der Waals surface area (Å²) in [6, 6.07) is 5.18. The monoisotopic (exact) mass is 266 g/mol. The van der Waals surface area contributed by atoms with Crippen LogP contribution in [0.2, 0.25) is 0 Å². The molecule has 1 aromatic carbocycles. The van der Waals surface area contributed by atoms with E-state index < -0.39 is 0 Å².